The van der Waals surface area contributed by atoms with Gasteiger partial charge in [-0.2, -0.15) is 0 Å². The fraction of sp³-hybridized carbons (Fsp3) is 1.00. The van der Waals surface area contributed by atoms with Crippen LogP contribution >= 0.6 is 0 Å². The molecule has 0 saturated carbocycles. The van der Waals surface area contributed by atoms with Crippen LogP contribution in [0.15, 0.2) is 0 Å². The number of hydrogen-bond acceptors (Lipinski definition) is 4. The predicted molar refractivity (Wildman–Crippen MR) is 58.4 cm³/mol. The van der Waals surface area contributed by atoms with Crippen LogP contribution in [0.25, 0.3) is 0 Å². The van der Waals surface area contributed by atoms with Gasteiger partial charge in [-0.1, -0.05) is 6.92 Å². The number of ether oxygens (including phenoxy) is 2. The average Bonchev–Trinajstić information content (AvgIpc) is 2.21. The smallest absolute Gasteiger partial charge is 0.0589 e. The highest BCUT2D eigenvalue weighted by atomic mass is 16.5. The third-order valence-corrected chi connectivity index (χ3v) is 2.20. The monoisotopic (exact) mass is 204 g/mol. The van der Waals surface area contributed by atoms with Crippen LogP contribution in [0.2, 0.25) is 0 Å². The molecular formula is C10H24N2O2. The molecule has 0 aromatic carbocycles. The summed E-state index contributed by atoms with van der Waals surface area (Å²) >= 11 is 0. The largest absolute Gasteiger partial charge is 0.383 e. The molecule has 0 radical (unpaired) electrons. The number of nitrogens with two attached hydrogens (primary N) is 1. The highest BCUT2D eigenvalue weighted by molar-refractivity contribution is 4.63. The van der Waals surface area contributed by atoms with Gasteiger partial charge in [-0.3, -0.25) is 4.90 Å². The van der Waals surface area contributed by atoms with E-state index in [9.17, 15) is 0 Å². The summed E-state index contributed by atoms with van der Waals surface area (Å²) in [4.78, 5) is 2.32. The molecule has 0 bridgehead atoms. The fourth-order valence-corrected chi connectivity index (χ4v) is 1.25. The van der Waals surface area contributed by atoms with Gasteiger partial charge < -0.3 is 15.2 Å². The van der Waals surface area contributed by atoms with Gasteiger partial charge in [0, 0.05) is 33.9 Å². The Hall–Kier alpha value is -0.160. The summed E-state index contributed by atoms with van der Waals surface area (Å²) in [6.07, 6.45) is 0. The molecule has 4 heteroatoms. The molecule has 0 aromatic heterocycles. The van der Waals surface area contributed by atoms with Crippen molar-refractivity contribution in [3.63, 3.8) is 0 Å². The second kappa shape index (κ2) is 9.40. The van der Waals surface area contributed by atoms with Crippen molar-refractivity contribution in [2.75, 3.05) is 53.6 Å². The summed E-state index contributed by atoms with van der Waals surface area (Å²) in [5.41, 5.74) is 5.59. The lowest BCUT2D eigenvalue weighted by atomic mass is 10.1. The predicted octanol–water partition coefficient (Wildman–Crippen LogP) is 0.176. The zero-order chi connectivity index (χ0) is 10.8. The molecule has 14 heavy (non-hydrogen) atoms. The van der Waals surface area contributed by atoms with E-state index in [-0.39, 0.29) is 0 Å². The van der Waals surface area contributed by atoms with Gasteiger partial charge in [0.25, 0.3) is 0 Å². The van der Waals surface area contributed by atoms with E-state index < -0.39 is 0 Å². The van der Waals surface area contributed by atoms with E-state index >= 15 is 0 Å². The molecule has 0 aliphatic heterocycles. The van der Waals surface area contributed by atoms with Gasteiger partial charge in [0.05, 0.1) is 13.2 Å². The molecule has 1 unspecified atom stereocenters. The van der Waals surface area contributed by atoms with Crippen molar-refractivity contribution in [3.05, 3.63) is 0 Å². The molecular weight excluding hydrogens is 180 g/mol. The highest BCUT2D eigenvalue weighted by Gasteiger charge is 2.08. The number of rotatable bonds is 9. The maximum Gasteiger partial charge on any atom is 0.0589 e. The van der Waals surface area contributed by atoms with Crippen molar-refractivity contribution >= 4 is 0 Å². The molecule has 0 rings (SSSR count). The lowest BCUT2D eigenvalue weighted by Crippen LogP contribution is -2.36. The van der Waals surface area contributed by atoms with Crippen LogP contribution in [0.5, 0.6) is 0 Å². The van der Waals surface area contributed by atoms with E-state index in [4.69, 9.17) is 15.2 Å². The maximum absolute atomic E-state index is 5.59. The summed E-state index contributed by atoms with van der Waals surface area (Å²) in [5, 5.41) is 0. The first-order valence-corrected chi connectivity index (χ1v) is 5.14. The minimum atomic E-state index is 0.531. The summed E-state index contributed by atoms with van der Waals surface area (Å²) in [6.45, 7) is 7.34. The Bertz CT molecular complexity index is 115. The molecule has 86 valence electrons. The zero-order valence-electron chi connectivity index (χ0n) is 9.66. The Balaban J connectivity index is 3.71. The van der Waals surface area contributed by atoms with Crippen LogP contribution in [0.4, 0.5) is 0 Å². The van der Waals surface area contributed by atoms with Crippen LogP contribution in [0.3, 0.4) is 0 Å². The van der Waals surface area contributed by atoms with E-state index in [0.29, 0.717) is 5.92 Å². The molecule has 0 heterocycles. The lowest BCUT2D eigenvalue weighted by molar-refractivity contribution is 0.106. The molecule has 0 spiro atoms. The van der Waals surface area contributed by atoms with Crippen molar-refractivity contribution in [1.82, 2.24) is 4.90 Å². The van der Waals surface area contributed by atoms with Crippen LogP contribution in [-0.2, 0) is 9.47 Å². The van der Waals surface area contributed by atoms with Gasteiger partial charge in [-0.05, 0) is 12.5 Å². The molecule has 0 aliphatic carbocycles. The van der Waals surface area contributed by atoms with Crippen molar-refractivity contribution in [3.8, 4) is 0 Å². The van der Waals surface area contributed by atoms with E-state index in [1.807, 2.05) is 0 Å². The van der Waals surface area contributed by atoms with Crippen LogP contribution in [0, 0.1) is 5.92 Å². The topological polar surface area (TPSA) is 47.7 Å². The molecule has 4 nitrogen and oxygen atoms in total. The van der Waals surface area contributed by atoms with Crippen molar-refractivity contribution in [1.29, 1.82) is 0 Å². The summed E-state index contributed by atoms with van der Waals surface area (Å²) in [6, 6.07) is 0. The van der Waals surface area contributed by atoms with E-state index in [1.165, 1.54) is 0 Å². The Morgan fingerprint density at radius 3 is 2.00 bits per heavy atom. The van der Waals surface area contributed by atoms with E-state index in [1.54, 1.807) is 14.2 Å². The number of hydrogen-bond donors (Lipinski definition) is 1. The highest BCUT2D eigenvalue weighted by Crippen LogP contribution is 1.98. The summed E-state index contributed by atoms with van der Waals surface area (Å²) < 4.78 is 10.1. The average molecular weight is 204 g/mol. The Morgan fingerprint density at radius 1 is 1.14 bits per heavy atom. The Morgan fingerprint density at radius 2 is 1.64 bits per heavy atom. The SMILES string of the molecule is COCCN(CCOC)CC(C)CN. The van der Waals surface area contributed by atoms with Crippen molar-refractivity contribution < 1.29 is 9.47 Å². The normalized spacial score (nSPS) is 13.5. The number of nitrogens with zero attached hydrogens (tertiary/aromatic N) is 1. The van der Waals surface area contributed by atoms with Crippen molar-refractivity contribution in [2.45, 2.75) is 6.92 Å². The third kappa shape index (κ3) is 7.26. The molecule has 0 fully saturated rings. The second-order valence-corrected chi connectivity index (χ2v) is 3.63. The molecule has 0 saturated heterocycles. The Kier molecular flexibility index (Phi) is 9.29. The summed E-state index contributed by atoms with van der Waals surface area (Å²) in [7, 11) is 3.45. The van der Waals surface area contributed by atoms with Gasteiger partial charge in [0.15, 0.2) is 0 Å². The molecule has 2 N–H and O–H groups in total. The fourth-order valence-electron chi connectivity index (χ4n) is 1.25. The van der Waals surface area contributed by atoms with E-state index in [0.717, 1.165) is 39.4 Å². The van der Waals surface area contributed by atoms with Gasteiger partial charge in [0.2, 0.25) is 0 Å². The third-order valence-electron chi connectivity index (χ3n) is 2.20. The van der Waals surface area contributed by atoms with Gasteiger partial charge in [-0.15, -0.1) is 0 Å². The first kappa shape index (κ1) is 13.8. The molecule has 1 atom stereocenters. The quantitative estimate of drug-likeness (QED) is 0.582. The minimum Gasteiger partial charge on any atom is -0.383 e. The maximum atomic E-state index is 5.59. The van der Waals surface area contributed by atoms with Crippen LogP contribution in [0.1, 0.15) is 6.92 Å². The lowest BCUT2D eigenvalue weighted by Gasteiger charge is -2.24. The first-order chi connectivity index (χ1) is 6.74. The van der Waals surface area contributed by atoms with Gasteiger partial charge >= 0.3 is 0 Å². The molecule has 0 aliphatic rings. The molecule has 0 amide bonds. The Labute approximate surface area is 87.4 Å². The summed E-state index contributed by atoms with van der Waals surface area (Å²) in [5.74, 6) is 0.531. The van der Waals surface area contributed by atoms with Crippen LogP contribution in [-0.4, -0.2) is 58.5 Å². The second-order valence-electron chi connectivity index (χ2n) is 3.63. The zero-order valence-corrected chi connectivity index (χ0v) is 9.66. The van der Waals surface area contributed by atoms with Gasteiger partial charge in [-0.25, -0.2) is 0 Å². The van der Waals surface area contributed by atoms with Crippen LogP contribution < -0.4 is 5.73 Å². The van der Waals surface area contributed by atoms with Crippen molar-refractivity contribution in [2.24, 2.45) is 11.7 Å². The minimum absolute atomic E-state index is 0.531. The molecule has 0 aromatic rings. The first-order valence-electron chi connectivity index (χ1n) is 5.14. The standard InChI is InChI=1S/C10H24N2O2/c1-10(8-11)9-12(4-6-13-2)5-7-14-3/h10H,4-9,11H2,1-3H3. The van der Waals surface area contributed by atoms with E-state index in [2.05, 4.69) is 11.8 Å². The number of methoxy groups -OCH3 is 2. The van der Waals surface area contributed by atoms with Gasteiger partial charge in [0.1, 0.15) is 0 Å².